The van der Waals surface area contributed by atoms with Crippen LogP contribution in [-0.2, 0) is 21.0 Å². The number of carbonyl (C=O) groups is 1. The van der Waals surface area contributed by atoms with E-state index in [9.17, 15) is 26.4 Å². The van der Waals surface area contributed by atoms with Gasteiger partial charge in [0.2, 0.25) is 0 Å². The standard InChI is InChI=1S/C22H15Cl3F3N3O3S/c23-17-8-6-14(10-19(17)25)12-29-30-21(32)13-31(35(33,34)16-4-2-1-3-5-16)20-11-15(22(26,27)28)7-9-18(20)24/h1-12H,13H2,(H,30,32)/b29-12-. The normalized spacial score (nSPS) is 12.1. The molecule has 35 heavy (non-hydrogen) atoms. The van der Waals surface area contributed by atoms with E-state index in [-0.39, 0.29) is 14.9 Å². The first-order valence-electron chi connectivity index (χ1n) is 9.61. The Labute approximate surface area is 214 Å². The van der Waals surface area contributed by atoms with Gasteiger partial charge in [0.1, 0.15) is 6.54 Å². The minimum Gasteiger partial charge on any atom is -0.271 e. The highest BCUT2D eigenvalue weighted by atomic mass is 35.5. The first kappa shape index (κ1) is 26.8. The molecule has 0 saturated carbocycles. The van der Waals surface area contributed by atoms with E-state index in [2.05, 4.69) is 10.5 Å². The third-order valence-electron chi connectivity index (χ3n) is 4.51. The van der Waals surface area contributed by atoms with Crippen molar-refractivity contribution in [3.8, 4) is 0 Å². The van der Waals surface area contributed by atoms with Gasteiger partial charge in [-0.25, -0.2) is 13.8 Å². The van der Waals surface area contributed by atoms with E-state index in [1.807, 2.05) is 0 Å². The van der Waals surface area contributed by atoms with Crippen molar-refractivity contribution in [2.75, 3.05) is 10.8 Å². The minimum absolute atomic E-state index is 0.249. The fourth-order valence-corrected chi connectivity index (χ4v) is 4.87. The summed E-state index contributed by atoms with van der Waals surface area (Å²) in [4.78, 5) is 12.3. The molecule has 0 fully saturated rings. The molecule has 0 aromatic heterocycles. The molecule has 0 aliphatic rings. The topological polar surface area (TPSA) is 78.8 Å². The van der Waals surface area contributed by atoms with E-state index in [0.29, 0.717) is 27.0 Å². The number of carbonyl (C=O) groups excluding carboxylic acids is 1. The Morgan fingerprint density at radius 1 is 0.943 bits per heavy atom. The first-order chi connectivity index (χ1) is 16.4. The zero-order valence-corrected chi connectivity index (χ0v) is 20.5. The number of anilines is 1. The van der Waals surface area contributed by atoms with Crippen LogP contribution in [0.15, 0.2) is 76.7 Å². The summed E-state index contributed by atoms with van der Waals surface area (Å²) in [5.41, 5.74) is 0.962. The Balaban J connectivity index is 1.94. The number of sulfonamides is 1. The third kappa shape index (κ3) is 6.66. The number of amides is 1. The summed E-state index contributed by atoms with van der Waals surface area (Å²) in [6.45, 7) is -0.906. The monoisotopic (exact) mass is 563 g/mol. The van der Waals surface area contributed by atoms with Crippen LogP contribution in [0.1, 0.15) is 11.1 Å². The van der Waals surface area contributed by atoms with Crippen LogP contribution in [0.25, 0.3) is 0 Å². The maximum absolute atomic E-state index is 13.3. The zero-order valence-electron chi connectivity index (χ0n) is 17.4. The zero-order chi connectivity index (χ0) is 25.8. The van der Waals surface area contributed by atoms with Crippen LogP contribution >= 0.6 is 34.8 Å². The number of alkyl halides is 3. The van der Waals surface area contributed by atoms with Gasteiger partial charge in [0.25, 0.3) is 15.9 Å². The van der Waals surface area contributed by atoms with Crippen LogP contribution in [0, 0.1) is 0 Å². The van der Waals surface area contributed by atoms with E-state index in [0.717, 1.165) is 6.07 Å². The molecule has 0 unspecified atom stereocenters. The quantitative estimate of drug-likeness (QED) is 0.282. The smallest absolute Gasteiger partial charge is 0.271 e. The van der Waals surface area contributed by atoms with Gasteiger partial charge in [0.15, 0.2) is 0 Å². The molecule has 13 heteroatoms. The lowest BCUT2D eigenvalue weighted by Crippen LogP contribution is -2.40. The molecule has 0 bridgehead atoms. The van der Waals surface area contributed by atoms with Crippen molar-refractivity contribution in [3.63, 3.8) is 0 Å². The molecule has 0 radical (unpaired) electrons. The molecule has 0 atom stereocenters. The number of nitrogens with one attached hydrogen (secondary N) is 1. The Hall–Kier alpha value is -2.79. The molecule has 0 spiro atoms. The van der Waals surface area contributed by atoms with Crippen LogP contribution < -0.4 is 9.73 Å². The SMILES string of the molecule is O=C(CN(c1cc(C(F)(F)F)ccc1Cl)S(=O)(=O)c1ccccc1)N/N=C\c1ccc(Cl)c(Cl)c1. The molecular weight excluding hydrogens is 550 g/mol. The van der Waals surface area contributed by atoms with E-state index in [1.54, 1.807) is 12.1 Å². The van der Waals surface area contributed by atoms with Crippen molar-refractivity contribution in [1.29, 1.82) is 0 Å². The molecule has 0 saturated heterocycles. The lowest BCUT2D eigenvalue weighted by molar-refractivity contribution is -0.137. The number of halogens is 6. The van der Waals surface area contributed by atoms with Crippen molar-refractivity contribution in [2.24, 2.45) is 5.10 Å². The van der Waals surface area contributed by atoms with Gasteiger partial charge in [-0.15, -0.1) is 0 Å². The van der Waals surface area contributed by atoms with Gasteiger partial charge in [0.05, 0.1) is 37.4 Å². The van der Waals surface area contributed by atoms with Crippen molar-refractivity contribution in [2.45, 2.75) is 11.1 Å². The molecular formula is C22H15Cl3F3N3O3S. The number of hydrazone groups is 1. The summed E-state index contributed by atoms with van der Waals surface area (Å²) in [5.74, 6) is -0.936. The molecule has 3 rings (SSSR count). The van der Waals surface area contributed by atoms with E-state index < -0.39 is 39.9 Å². The largest absolute Gasteiger partial charge is 0.416 e. The summed E-state index contributed by atoms with van der Waals surface area (Å²) < 4.78 is 67.0. The van der Waals surface area contributed by atoms with E-state index in [1.165, 1.54) is 42.6 Å². The van der Waals surface area contributed by atoms with Crippen molar-refractivity contribution >= 4 is 62.6 Å². The second-order valence-electron chi connectivity index (χ2n) is 6.96. The average Bonchev–Trinajstić information content (AvgIpc) is 2.80. The van der Waals surface area contributed by atoms with Gasteiger partial charge in [0, 0.05) is 0 Å². The second-order valence-corrected chi connectivity index (χ2v) is 10.0. The Kier molecular flexibility index (Phi) is 8.32. The molecule has 3 aromatic carbocycles. The van der Waals surface area contributed by atoms with E-state index in [4.69, 9.17) is 34.8 Å². The average molecular weight is 565 g/mol. The van der Waals surface area contributed by atoms with Crippen LogP contribution in [0.2, 0.25) is 15.1 Å². The summed E-state index contributed by atoms with van der Waals surface area (Å²) in [6.07, 6.45) is -3.54. The van der Waals surface area contributed by atoms with E-state index >= 15 is 0 Å². The molecule has 0 aliphatic heterocycles. The van der Waals surface area contributed by atoms with Gasteiger partial charge >= 0.3 is 6.18 Å². The highest BCUT2D eigenvalue weighted by molar-refractivity contribution is 7.92. The molecule has 0 heterocycles. The maximum Gasteiger partial charge on any atom is 0.416 e. The first-order valence-corrected chi connectivity index (χ1v) is 12.2. The fourth-order valence-electron chi connectivity index (χ4n) is 2.84. The molecule has 3 aromatic rings. The van der Waals surface area contributed by atoms with Gasteiger partial charge in [-0.2, -0.15) is 18.3 Å². The Morgan fingerprint density at radius 3 is 2.23 bits per heavy atom. The lowest BCUT2D eigenvalue weighted by atomic mass is 10.2. The summed E-state index contributed by atoms with van der Waals surface area (Å²) >= 11 is 17.8. The highest BCUT2D eigenvalue weighted by Crippen LogP contribution is 2.37. The van der Waals surface area contributed by atoms with Crippen LogP contribution in [0.5, 0.6) is 0 Å². The maximum atomic E-state index is 13.3. The molecule has 6 nitrogen and oxygen atoms in total. The van der Waals surface area contributed by atoms with Gasteiger partial charge in [-0.3, -0.25) is 9.10 Å². The summed E-state index contributed by atoms with van der Waals surface area (Å²) in [6, 6.07) is 13.6. The van der Waals surface area contributed by atoms with Crippen LogP contribution in [-0.4, -0.2) is 27.1 Å². The van der Waals surface area contributed by atoms with Gasteiger partial charge in [-0.1, -0.05) is 59.1 Å². The molecule has 0 aliphatic carbocycles. The lowest BCUT2D eigenvalue weighted by Gasteiger charge is -2.25. The van der Waals surface area contributed by atoms with Crippen molar-refractivity contribution in [3.05, 3.63) is 92.9 Å². The van der Waals surface area contributed by atoms with Crippen molar-refractivity contribution in [1.82, 2.24) is 5.43 Å². The van der Waals surface area contributed by atoms with Crippen LogP contribution in [0.3, 0.4) is 0 Å². The predicted molar refractivity (Wildman–Crippen MR) is 130 cm³/mol. The number of rotatable bonds is 7. The van der Waals surface area contributed by atoms with Gasteiger partial charge in [-0.05, 0) is 48.0 Å². The molecule has 184 valence electrons. The highest BCUT2D eigenvalue weighted by Gasteiger charge is 2.34. The number of nitrogens with zero attached hydrogens (tertiary/aromatic N) is 2. The molecule has 1 N–H and O–H groups in total. The Bertz CT molecular complexity index is 1370. The third-order valence-corrected chi connectivity index (χ3v) is 7.34. The van der Waals surface area contributed by atoms with Crippen molar-refractivity contribution < 1.29 is 26.4 Å². The number of hydrogen-bond acceptors (Lipinski definition) is 4. The molecule has 1 amide bonds. The second kappa shape index (κ2) is 10.9. The van der Waals surface area contributed by atoms with Crippen LogP contribution in [0.4, 0.5) is 18.9 Å². The fraction of sp³-hybridized carbons (Fsp3) is 0.0909. The van der Waals surface area contributed by atoms with Gasteiger partial charge < -0.3 is 0 Å². The summed E-state index contributed by atoms with van der Waals surface area (Å²) in [5, 5.41) is 3.99. The minimum atomic E-state index is -4.77. The number of benzene rings is 3. The Morgan fingerprint density at radius 2 is 1.60 bits per heavy atom. The predicted octanol–water partition coefficient (Wildman–Crippen LogP) is 6.01. The summed E-state index contributed by atoms with van der Waals surface area (Å²) in [7, 11) is -4.48. The number of hydrogen-bond donors (Lipinski definition) is 1.